The van der Waals surface area contributed by atoms with Gasteiger partial charge in [0.15, 0.2) is 6.61 Å². The highest BCUT2D eigenvalue weighted by atomic mass is 19.3. The topological polar surface area (TPSA) is 73.9 Å². The van der Waals surface area contributed by atoms with Gasteiger partial charge in [-0.15, -0.1) is 0 Å². The molecule has 2 rings (SSSR count). The van der Waals surface area contributed by atoms with Crippen LogP contribution in [0.15, 0.2) is 48.5 Å². The Balaban J connectivity index is 1.70. The van der Waals surface area contributed by atoms with E-state index in [1.54, 1.807) is 7.11 Å². The number of esters is 1. The van der Waals surface area contributed by atoms with E-state index in [0.29, 0.717) is 13.0 Å². The Kier molecular flexibility index (Phi) is 7.54. The van der Waals surface area contributed by atoms with E-state index >= 15 is 0 Å². The largest absolute Gasteiger partial charge is 0.497 e. The van der Waals surface area contributed by atoms with Crippen molar-refractivity contribution in [3.05, 3.63) is 59.7 Å². The van der Waals surface area contributed by atoms with Gasteiger partial charge in [-0.05, 0) is 48.4 Å². The summed E-state index contributed by atoms with van der Waals surface area (Å²) in [5.41, 5.74) is 1.15. The van der Waals surface area contributed by atoms with E-state index in [4.69, 9.17) is 9.47 Å². The first-order valence-corrected chi connectivity index (χ1v) is 8.09. The summed E-state index contributed by atoms with van der Waals surface area (Å²) in [5, 5.41) is 2.65. The second-order valence-corrected chi connectivity index (χ2v) is 5.43. The average Bonchev–Trinajstić information content (AvgIpc) is 2.67. The molecule has 0 saturated heterocycles. The number of rotatable bonds is 9. The number of carbonyl (C=O) groups is 2. The Morgan fingerprint density at radius 2 is 1.63 bits per heavy atom. The van der Waals surface area contributed by atoms with Crippen molar-refractivity contribution < 1.29 is 32.6 Å². The lowest BCUT2D eigenvalue weighted by atomic mass is 10.1. The molecule has 0 atom stereocenters. The Labute approximate surface area is 155 Å². The summed E-state index contributed by atoms with van der Waals surface area (Å²) >= 11 is 0. The molecule has 0 aliphatic carbocycles. The maximum Gasteiger partial charge on any atom is 0.387 e. The molecule has 2 aromatic carbocycles. The standard InChI is InChI=1S/C19H19F2NO5/c1-25-15-6-2-13(3-7-15)10-11-22-17(23)12-26-18(24)14-4-8-16(9-5-14)27-19(20)21/h2-9,19H,10-12H2,1H3,(H,22,23). The predicted octanol–water partition coefficient (Wildman–Crippen LogP) is 2.81. The van der Waals surface area contributed by atoms with Crippen molar-refractivity contribution in [2.75, 3.05) is 20.3 Å². The van der Waals surface area contributed by atoms with Gasteiger partial charge in [-0.1, -0.05) is 12.1 Å². The molecule has 0 fully saturated rings. The molecule has 0 aromatic heterocycles. The van der Waals surface area contributed by atoms with Crippen LogP contribution in [-0.4, -0.2) is 38.7 Å². The van der Waals surface area contributed by atoms with Crippen molar-refractivity contribution in [3.63, 3.8) is 0 Å². The van der Waals surface area contributed by atoms with E-state index in [0.717, 1.165) is 11.3 Å². The van der Waals surface area contributed by atoms with Crippen LogP contribution < -0.4 is 14.8 Å². The van der Waals surface area contributed by atoms with Gasteiger partial charge in [-0.25, -0.2) is 4.79 Å². The van der Waals surface area contributed by atoms with E-state index in [1.807, 2.05) is 24.3 Å². The molecular weight excluding hydrogens is 360 g/mol. The first kappa shape index (κ1) is 20.2. The van der Waals surface area contributed by atoms with Crippen molar-refractivity contribution in [2.45, 2.75) is 13.0 Å². The molecule has 0 radical (unpaired) electrons. The van der Waals surface area contributed by atoms with Crippen LogP contribution in [0.1, 0.15) is 15.9 Å². The van der Waals surface area contributed by atoms with Crippen molar-refractivity contribution in [2.24, 2.45) is 0 Å². The smallest absolute Gasteiger partial charge is 0.387 e. The fourth-order valence-electron chi connectivity index (χ4n) is 2.18. The number of methoxy groups -OCH3 is 1. The van der Waals surface area contributed by atoms with E-state index in [9.17, 15) is 18.4 Å². The lowest BCUT2D eigenvalue weighted by molar-refractivity contribution is -0.124. The SMILES string of the molecule is COc1ccc(CCNC(=O)COC(=O)c2ccc(OC(F)F)cc2)cc1. The fourth-order valence-corrected chi connectivity index (χ4v) is 2.18. The van der Waals surface area contributed by atoms with Crippen molar-refractivity contribution in [3.8, 4) is 11.5 Å². The van der Waals surface area contributed by atoms with Gasteiger partial charge in [0.05, 0.1) is 12.7 Å². The number of hydrogen-bond acceptors (Lipinski definition) is 5. The van der Waals surface area contributed by atoms with Crippen LogP contribution in [0.25, 0.3) is 0 Å². The molecule has 144 valence electrons. The molecular formula is C19H19F2NO5. The highest BCUT2D eigenvalue weighted by Gasteiger charge is 2.11. The van der Waals surface area contributed by atoms with Gasteiger partial charge in [0.25, 0.3) is 5.91 Å². The summed E-state index contributed by atoms with van der Waals surface area (Å²) in [5.74, 6) is -0.486. The molecule has 0 aliphatic rings. The highest BCUT2D eigenvalue weighted by molar-refractivity contribution is 5.91. The van der Waals surface area contributed by atoms with Gasteiger partial charge in [0.2, 0.25) is 0 Å². The summed E-state index contributed by atoms with van der Waals surface area (Å²) in [6.45, 7) is -2.98. The molecule has 0 unspecified atom stereocenters. The Morgan fingerprint density at radius 3 is 2.22 bits per heavy atom. The summed E-state index contributed by atoms with van der Waals surface area (Å²) in [4.78, 5) is 23.6. The number of amides is 1. The molecule has 0 aliphatic heterocycles. The normalized spacial score (nSPS) is 10.4. The number of ether oxygens (including phenoxy) is 3. The maximum atomic E-state index is 12.1. The second-order valence-electron chi connectivity index (χ2n) is 5.43. The number of carbonyl (C=O) groups excluding carboxylic acids is 2. The monoisotopic (exact) mass is 379 g/mol. The predicted molar refractivity (Wildman–Crippen MR) is 93.1 cm³/mol. The van der Waals surface area contributed by atoms with Gasteiger partial charge in [-0.3, -0.25) is 4.79 Å². The zero-order chi connectivity index (χ0) is 19.6. The average molecular weight is 379 g/mol. The van der Waals surface area contributed by atoms with Crippen LogP contribution in [-0.2, 0) is 16.0 Å². The number of hydrogen-bond donors (Lipinski definition) is 1. The van der Waals surface area contributed by atoms with Crippen LogP contribution in [0.2, 0.25) is 0 Å². The first-order chi connectivity index (χ1) is 13.0. The van der Waals surface area contributed by atoms with E-state index in [1.165, 1.54) is 24.3 Å². The number of halogens is 2. The zero-order valence-corrected chi connectivity index (χ0v) is 14.6. The second kappa shape index (κ2) is 10.1. The summed E-state index contributed by atoms with van der Waals surface area (Å²) in [7, 11) is 1.59. The molecule has 6 nitrogen and oxygen atoms in total. The third-order valence-corrected chi connectivity index (χ3v) is 3.54. The molecule has 0 spiro atoms. The van der Waals surface area contributed by atoms with Crippen molar-refractivity contribution in [1.82, 2.24) is 5.32 Å². The highest BCUT2D eigenvalue weighted by Crippen LogP contribution is 2.15. The lowest BCUT2D eigenvalue weighted by Gasteiger charge is -2.08. The minimum Gasteiger partial charge on any atom is -0.497 e. The first-order valence-electron chi connectivity index (χ1n) is 8.09. The number of alkyl halides is 2. The van der Waals surface area contributed by atoms with Gasteiger partial charge in [-0.2, -0.15) is 8.78 Å². The van der Waals surface area contributed by atoms with Crippen LogP contribution in [0.5, 0.6) is 11.5 Å². The third-order valence-electron chi connectivity index (χ3n) is 3.54. The Morgan fingerprint density at radius 1 is 1.00 bits per heavy atom. The van der Waals surface area contributed by atoms with Crippen molar-refractivity contribution >= 4 is 11.9 Å². The van der Waals surface area contributed by atoms with Crippen LogP contribution >= 0.6 is 0 Å². The third kappa shape index (κ3) is 6.93. The van der Waals surface area contributed by atoms with Gasteiger partial charge < -0.3 is 19.5 Å². The van der Waals surface area contributed by atoms with Crippen molar-refractivity contribution in [1.29, 1.82) is 0 Å². The molecule has 1 amide bonds. The molecule has 2 aromatic rings. The van der Waals surface area contributed by atoms with Crippen LogP contribution in [0, 0.1) is 0 Å². The van der Waals surface area contributed by atoms with Gasteiger partial charge >= 0.3 is 12.6 Å². The maximum absolute atomic E-state index is 12.1. The molecule has 8 heteroatoms. The molecule has 1 N–H and O–H groups in total. The molecule has 27 heavy (non-hydrogen) atoms. The summed E-state index contributed by atoms with van der Waals surface area (Å²) in [6, 6.07) is 12.4. The fraction of sp³-hybridized carbons (Fsp3) is 0.263. The minimum absolute atomic E-state index is 0.0715. The quantitative estimate of drug-likeness (QED) is 0.679. The van der Waals surface area contributed by atoms with Gasteiger partial charge in [0.1, 0.15) is 11.5 Å². The van der Waals surface area contributed by atoms with Crippen LogP contribution in [0.3, 0.4) is 0 Å². The van der Waals surface area contributed by atoms with E-state index in [2.05, 4.69) is 10.1 Å². The Bertz CT molecular complexity index is 748. The summed E-state index contributed by atoms with van der Waals surface area (Å²) in [6.07, 6.45) is 0.620. The van der Waals surface area contributed by atoms with Gasteiger partial charge in [0, 0.05) is 6.54 Å². The lowest BCUT2D eigenvalue weighted by Crippen LogP contribution is -2.30. The molecule has 0 bridgehead atoms. The van der Waals surface area contributed by atoms with E-state index < -0.39 is 25.1 Å². The van der Waals surface area contributed by atoms with E-state index in [-0.39, 0.29) is 11.3 Å². The molecule has 0 saturated carbocycles. The number of nitrogens with one attached hydrogen (secondary N) is 1. The minimum atomic E-state index is -2.94. The summed E-state index contributed by atoms with van der Waals surface area (Å²) < 4.78 is 38.3. The Hall–Kier alpha value is -3.16. The number of benzene rings is 2. The molecule has 0 heterocycles. The zero-order valence-electron chi connectivity index (χ0n) is 14.6. The van der Waals surface area contributed by atoms with Crippen LogP contribution in [0.4, 0.5) is 8.78 Å².